The summed E-state index contributed by atoms with van der Waals surface area (Å²) in [6.07, 6.45) is 1.07. The van der Waals surface area contributed by atoms with Gasteiger partial charge in [-0.1, -0.05) is 41.9 Å². The van der Waals surface area contributed by atoms with E-state index in [1.165, 1.54) is 0 Å². The van der Waals surface area contributed by atoms with Crippen molar-refractivity contribution in [2.24, 2.45) is 16.5 Å². The van der Waals surface area contributed by atoms with Crippen molar-refractivity contribution in [3.8, 4) is 0 Å². The van der Waals surface area contributed by atoms with E-state index in [0.29, 0.717) is 22.2 Å². The molecule has 0 unspecified atom stereocenters. The highest BCUT2D eigenvalue weighted by molar-refractivity contribution is 6.35. The predicted octanol–water partition coefficient (Wildman–Crippen LogP) is 4.29. The zero-order valence-electron chi connectivity index (χ0n) is 13.3. The van der Waals surface area contributed by atoms with Gasteiger partial charge in [0.1, 0.15) is 5.70 Å². The van der Waals surface area contributed by atoms with E-state index in [4.69, 9.17) is 34.7 Å². The summed E-state index contributed by atoms with van der Waals surface area (Å²) in [4.78, 5) is 4.01. The molecule has 0 fully saturated rings. The van der Waals surface area contributed by atoms with E-state index < -0.39 is 0 Å². The van der Waals surface area contributed by atoms with Crippen molar-refractivity contribution in [2.75, 3.05) is 5.32 Å². The predicted molar refractivity (Wildman–Crippen MR) is 106 cm³/mol. The molecule has 5 nitrogen and oxygen atoms in total. The van der Waals surface area contributed by atoms with Gasteiger partial charge in [0.05, 0.1) is 17.1 Å². The third kappa shape index (κ3) is 4.76. The van der Waals surface area contributed by atoms with E-state index in [2.05, 4.69) is 16.9 Å². The molecule has 0 amide bonds. The quantitative estimate of drug-likeness (QED) is 0.261. The first-order valence-electron chi connectivity index (χ1n) is 7.34. The van der Waals surface area contributed by atoms with E-state index in [-0.39, 0.29) is 17.2 Å². The molecule has 0 saturated heterocycles. The molecule has 2 rings (SSSR count). The molecule has 0 aliphatic rings. The average Bonchev–Trinajstić information content (AvgIpc) is 2.60. The topological polar surface area (TPSA) is 96.7 Å². The molecule has 2 aromatic rings. The maximum Gasteiger partial charge on any atom is 0.165 e. The van der Waals surface area contributed by atoms with Crippen LogP contribution in [0, 0.1) is 0 Å². The number of nitrogens with one attached hydrogen (secondary N) is 1. The van der Waals surface area contributed by atoms with Crippen molar-refractivity contribution < 1.29 is 5.11 Å². The molecule has 2 aromatic carbocycles. The van der Waals surface area contributed by atoms with Gasteiger partial charge in [0.2, 0.25) is 0 Å². The monoisotopic (exact) mass is 376 g/mol. The lowest BCUT2D eigenvalue weighted by molar-refractivity contribution is 0.426. The van der Waals surface area contributed by atoms with E-state index in [1.54, 1.807) is 18.2 Å². The smallest absolute Gasteiger partial charge is 0.165 e. The fraction of sp³-hybridized carbons (Fsp3) is 0.0556. The lowest BCUT2D eigenvalue weighted by atomic mass is 10.1. The fourth-order valence-corrected chi connectivity index (χ4v) is 2.61. The molecule has 25 heavy (non-hydrogen) atoms. The van der Waals surface area contributed by atoms with Crippen LogP contribution in [0.15, 0.2) is 65.5 Å². The molecular weight excluding hydrogens is 359 g/mol. The second-order valence-electron chi connectivity index (χ2n) is 5.10. The van der Waals surface area contributed by atoms with Crippen LogP contribution in [0.25, 0.3) is 5.70 Å². The van der Waals surface area contributed by atoms with Crippen LogP contribution in [0.4, 0.5) is 5.69 Å². The van der Waals surface area contributed by atoms with Gasteiger partial charge < -0.3 is 21.9 Å². The molecule has 0 aliphatic carbocycles. The van der Waals surface area contributed by atoms with Gasteiger partial charge in [0, 0.05) is 22.8 Å². The lowest BCUT2D eigenvalue weighted by Crippen LogP contribution is -2.05. The summed E-state index contributed by atoms with van der Waals surface area (Å²) in [5.41, 5.74) is 13.6. The van der Waals surface area contributed by atoms with Crippen molar-refractivity contribution in [1.82, 2.24) is 0 Å². The summed E-state index contributed by atoms with van der Waals surface area (Å²) < 4.78 is 0. The molecule has 0 saturated carbocycles. The maximum absolute atomic E-state index is 10.6. The number of aliphatic hydroxyl groups is 1. The highest BCUT2D eigenvalue weighted by Gasteiger charge is 2.14. The largest absolute Gasteiger partial charge is 0.504 e. The zero-order valence-corrected chi connectivity index (χ0v) is 14.8. The van der Waals surface area contributed by atoms with Crippen LogP contribution in [0.3, 0.4) is 0 Å². The number of benzene rings is 2. The average molecular weight is 377 g/mol. The van der Waals surface area contributed by atoms with Crippen molar-refractivity contribution >= 4 is 40.9 Å². The van der Waals surface area contributed by atoms with Crippen molar-refractivity contribution in [1.29, 1.82) is 0 Å². The number of aliphatic hydroxyl groups excluding tert-OH is 1. The Balaban J connectivity index is 2.35. The Hall–Kier alpha value is -2.47. The van der Waals surface area contributed by atoms with Gasteiger partial charge in [-0.05, 0) is 35.9 Å². The maximum atomic E-state index is 10.6. The second kappa shape index (κ2) is 8.58. The third-order valence-electron chi connectivity index (χ3n) is 3.38. The first-order valence-corrected chi connectivity index (χ1v) is 8.10. The first-order chi connectivity index (χ1) is 12.0. The number of aliphatic imine (C=N–C) groups is 1. The van der Waals surface area contributed by atoms with Crippen molar-refractivity contribution in [2.45, 2.75) is 6.54 Å². The molecular formula is C18H18Cl2N4O. The molecule has 0 atom stereocenters. The number of anilines is 1. The lowest BCUT2D eigenvalue weighted by Gasteiger charge is -2.13. The van der Waals surface area contributed by atoms with E-state index in [0.717, 1.165) is 17.6 Å². The normalized spacial score (nSPS) is 12.1. The van der Waals surface area contributed by atoms with Gasteiger partial charge in [-0.2, -0.15) is 0 Å². The summed E-state index contributed by atoms with van der Waals surface area (Å²) in [5, 5.41) is 14.4. The van der Waals surface area contributed by atoms with Gasteiger partial charge in [-0.15, -0.1) is 0 Å². The van der Waals surface area contributed by atoms with E-state index in [9.17, 15) is 5.11 Å². The summed E-state index contributed by atoms with van der Waals surface area (Å²) in [6, 6.07) is 12.3. The van der Waals surface area contributed by atoms with Gasteiger partial charge in [0.25, 0.3) is 0 Å². The standard InChI is InChI=1S/C18H18Cl2N4O/c1-11(24-14-5-2-12(9-21)3-6-14)18(25)17(23-10-22)15-7-4-13(19)8-16(15)20/h2-8,10,24-25H,1,9,21H2,(H2,22,23)/b18-17+. The van der Waals surface area contributed by atoms with Crippen molar-refractivity contribution in [3.05, 3.63) is 81.7 Å². The fourth-order valence-electron chi connectivity index (χ4n) is 2.11. The Morgan fingerprint density at radius 2 is 1.88 bits per heavy atom. The number of rotatable bonds is 6. The summed E-state index contributed by atoms with van der Waals surface area (Å²) in [5.74, 6) is -0.186. The van der Waals surface area contributed by atoms with Crippen LogP contribution in [0.2, 0.25) is 10.0 Å². The Labute approximate surface area is 156 Å². The molecule has 6 N–H and O–H groups in total. The summed E-state index contributed by atoms with van der Waals surface area (Å²) >= 11 is 12.1. The number of halogens is 2. The Kier molecular flexibility index (Phi) is 6.47. The molecule has 0 bridgehead atoms. The third-order valence-corrected chi connectivity index (χ3v) is 3.93. The molecule has 7 heteroatoms. The van der Waals surface area contributed by atoms with Crippen LogP contribution in [0.1, 0.15) is 11.1 Å². The Morgan fingerprint density at radius 3 is 2.44 bits per heavy atom. The minimum Gasteiger partial charge on any atom is -0.504 e. The Bertz CT molecular complexity index is 829. The second-order valence-corrected chi connectivity index (χ2v) is 5.95. The minimum atomic E-state index is -0.186. The summed E-state index contributed by atoms with van der Waals surface area (Å²) in [6.45, 7) is 4.30. The van der Waals surface area contributed by atoms with Crippen LogP contribution in [0.5, 0.6) is 0 Å². The van der Waals surface area contributed by atoms with Crippen molar-refractivity contribution in [3.63, 3.8) is 0 Å². The highest BCUT2D eigenvalue weighted by Crippen LogP contribution is 2.31. The molecule has 0 spiro atoms. The van der Waals surface area contributed by atoms with Gasteiger partial charge in [-0.3, -0.25) is 0 Å². The van der Waals surface area contributed by atoms with Crippen LogP contribution < -0.4 is 16.8 Å². The van der Waals surface area contributed by atoms with Crippen LogP contribution >= 0.6 is 23.2 Å². The Morgan fingerprint density at radius 1 is 1.20 bits per heavy atom. The summed E-state index contributed by atoms with van der Waals surface area (Å²) in [7, 11) is 0. The molecule has 0 aromatic heterocycles. The minimum absolute atomic E-state index is 0.181. The van der Waals surface area contributed by atoms with E-state index in [1.807, 2.05) is 24.3 Å². The molecule has 130 valence electrons. The number of nitrogens with zero attached hydrogens (tertiary/aromatic N) is 1. The van der Waals surface area contributed by atoms with Crippen LogP contribution in [-0.2, 0) is 6.54 Å². The first kappa shape index (κ1) is 18.9. The number of hydrogen-bond acceptors (Lipinski definition) is 4. The number of hydrogen-bond donors (Lipinski definition) is 4. The van der Waals surface area contributed by atoms with Gasteiger partial charge in [-0.25, -0.2) is 4.99 Å². The number of nitrogens with two attached hydrogens (primary N) is 2. The SMILES string of the molecule is C=C(Nc1ccc(CN)cc1)/C(O)=C(\N=CN)c1ccc(Cl)cc1Cl. The van der Waals surface area contributed by atoms with E-state index >= 15 is 0 Å². The van der Waals surface area contributed by atoms with Crippen LogP contribution in [-0.4, -0.2) is 11.4 Å². The molecule has 0 radical (unpaired) electrons. The highest BCUT2D eigenvalue weighted by atomic mass is 35.5. The zero-order chi connectivity index (χ0) is 18.4. The van der Waals surface area contributed by atoms with Gasteiger partial charge in [0.15, 0.2) is 5.76 Å². The molecule has 0 aliphatic heterocycles. The molecule has 0 heterocycles. The van der Waals surface area contributed by atoms with Gasteiger partial charge >= 0.3 is 0 Å².